The van der Waals surface area contributed by atoms with E-state index in [1.807, 2.05) is 29.3 Å². The number of anilines is 1. The SMILES string of the molecule is COc1ccc(CN2CCCN(N=Cc3c4c(O)c5c(O)c(C)c6c(c5c3O)C(=O)C(C)(OC=CC(OC)C(C)C(OC(C)=O)C(C)C(O)C(C)C(O)C(C)C=CC=C(C)C(=O)N4)O6)CC2)cc1. The van der Waals surface area contributed by atoms with Crippen LogP contribution in [0.25, 0.3) is 10.8 Å². The second kappa shape index (κ2) is 21.4. The highest BCUT2D eigenvalue weighted by Crippen LogP contribution is 2.55. The lowest BCUT2D eigenvalue weighted by molar-refractivity contribution is -0.160. The number of methoxy groups -OCH3 is 2. The van der Waals surface area contributed by atoms with E-state index < -0.39 is 88.8 Å². The van der Waals surface area contributed by atoms with E-state index in [9.17, 15) is 39.9 Å². The topological polar surface area (TPSA) is 229 Å². The van der Waals surface area contributed by atoms with Crippen LogP contribution >= 0.6 is 0 Å². The average molecular weight is 943 g/mol. The molecule has 3 aromatic carbocycles. The van der Waals surface area contributed by atoms with Gasteiger partial charge in [0.05, 0.1) is 60.1 Å². The number of carbonyl (C=O) groups excluding carboxylic acids is 3. The molecule has 4 aliphatic rings. The summed E-state index contributed by atoms with van der Waals surface area (Å²) in [4.78, 5) is 43.3. The second-order valence-corrected chi connectivity index (χ2v) is 18.3. The molecule has 1 fully saturated rings. The second-order valence-electron chi connectivity index (χ2n) is 18.3. The summed E-state index contributed by atoms with van der Waals surface area (Å²) in [6, 6.07) is 7.89. The Morgan fingerprint density at radius 1 is 0.912 bits per heavy atom. The highest BCUT2D eigenvalue weighted by molar-refractivity contribution is 6.23. The molecular formula is C51H66N4O13. The molecule has 7 rings (SSSR count). The lowest BCUT2D eigenvalue weighted by atomic mass is 9.78. The standard InChI is InChI=1S/C51H66N4O13/c1-27-13-11-14-28(2)50(63)53-41-36(25-52-55-21-12-20-54(22-23-55)26-34-15-17-35(64-9)18-16-34)45(60)38-39(46(41)61)44(59)32(6)48-40(38)49(62)51(8,68-48)66-24-19-37(65-10)29(3)47(67-33(7)56)31(5)43(58)30(4)42(27)57/h11,13-19,24-25,27,29-31,37,42-43,47,57-61H,12,20-23,26H2,1-10H3,(H,53,63). The van der Waals surface area contributed by atoms with Gasteiger partial charge in [0.25, 0.3) is 11.7 Å². The molecule has 3 aromatic rings. The van der Waals surface area contributed by atoms with Crippen molar-refractivity contribution in [3.05, 3.63) is 82.7 Å². The quantitative estimate of drug-likeness (QED) is 0.0661. The first-order chi connectivity index (χ1) is 32.2. The van der Waals surface area contributed by atoms with Crippen molar-refractivity contribution in [1.29, 1.82) is 0 Å². The van der Waals surface area contributed by atoms with Crippen LogP contribution in [0, 0.1) is 30.6 Å². The van der Waals surface area contributed by atoms with Gasteiger partial charge in [0.1, 0.15) is 29.1 Å². The monoisotopic (exact) mass is 942 g/mol. The number of phenolic OH excluding ortho intramolecular Hbond substituents is 3. The van der Waals surface area contributed by atoms with Crippen LogP contribution in [0.15, 0.2) is 65.5 Å². The summed E-state index contributed by atoms with van der Waals surface area (Å²) < 4.78 is 29.1. The maximum Gasteiger partial charge on any atom is 0.312 e. The Morgan fingerprint density at radius 3 is 2.28 bits per heavy atom. The first kappa shape index (κ1) is 51.3. The molecule has 17 nitrogen and oxygen atoms in total. The molecule has 1 amide bonds. The van der Waals surface area contributed by atoms with Gasteiger partial charge in [0.15, 0.2) is 5.75 Å². The van der Waals surface area contributed by atoms with E-state index in [2.05, 4.69) is 10.2 Å². The normalized spacial score (nSPS) is 27.8. The third-order valence-corrected chi connectivity index (χ3v) is 13.5. The van der Waals surface area contributed by atoms with E-state index >= 15 is 0 Å². The van der Waals surface area contributed by atoms with E-state index in [-0.39, 0.29) is 44.5 Å². The van der Waals surface area contributed by atoms with Crippen molar-refractivity contribution < 1.29 is 63.6 Å². The minimum atomic E-state index is -2.07. The Morgan fingerprint density at radius 2 is 1.62 bits per heavy atom. The molecule has 0 saturated carbocycles. The minimum absolute atomic E-state index is 0.0479. The Kier molecular flexibility index (Phi) is 16.2. The number of nitrogens with zero attached hydrogens (tertiary/aromatic N) is 3. The van der Waals surface area contributed by atoms with Gasteiger partial charge in [-0.1, -0.05) is 58.1 Å². The Balaban J connectivity index is 1.45. The largest absolute Gasteiger partial charge is 0.507 e. The van der Waals surface area contributed by atoms with Crippen LogP contribution in [0.5, 0.6) is 28.7 Å². The van der Waals surface area contributed by atoms with Crippen molar-refractivity contribution in [1.82, 2.24) is 9.91 Å². The Labute approximate surface area is 397 Å². The summed E-state index contributed by atoms with van der Waals surface area (Å²) in [6.45, 7) is 15.8. The molecule has 4 heterocycles. The van der Waals surface area contributed by atoms with Crippen LogP contribution in [-0.4, -0.2) is 130 Å². The number of fused-ring (bicyclic) bond motifs is 14. The fourth-order valence-corrected chi connectivity index (χ4v) is 9.23. The first-order valence-electron chi connectivity index (χ1n) is 22.9. The number of aliphatic hydroxyl groups is 2. The third kappa shape index (κ3) is 10.6. The highest BCUT2D eigenvalue weighted by atomic mass is 16.7. The fourth-order valence-electron chi connectivity index (χ4n) is 9.23. The summed E-state index contributed by atoms with van der Waals surface area (Å²) in [5, 5.41) is 67.9. The van der Waals surface area contributed by atoms with Crippen LogP contribution in [0.4, 0.5) is 5.69 Å². The molecule has 6 N–H and O–H groups in total. The van der Waals surface area contributed by atoms with E-state index in [4.69, 9.17) is 28.8 Å². The van der Waals surface area contributed by atoms with E-state index in [1.54, 1.807) is 47.0 Å². The molecule has 0 aromatic heterocycles. The zero-order valence-corrected chi connectivity index (χ0v) is 40.5. The molecule has 0 spiro atoms. The zero-order valence-electron chi connectivity index (χ0n) is 40.5. The fraction of sp³-hybridized carbons (Fsp3) is 0.490. The number of aliphatic hydroxyl groups excluding tert-OH is 2. The molecule has 68 heavy (non-hydrogen) atoms. The molecule has 9 unspecified atom stereocenters. The number of ether oxygens (including phenoxy) is 5. The number of esters is 1. The van der Waals surface area contributed by atoms with Crippen LogP contribution in [0.1, 0.15) is 81.9 Å². The van der Waals surface area contributed by atoms with Crippen LogP contribution < -0.4 is 14.8 Å². The number of allylic oxidation sites excluding steroid dienone is 2. The van der Waals surface area contributed by atoms with Crippen molar-refractivity contribution in [2.24, 2.45) is 28.8 Å². The van der Waals surface area contributed by atoms with Gasteiger partial charge in [-0.05, 0) is 44.0 Å². The van der Waals surface area contributed by atoms with Crippen LogP contribution in [-0.2, 0) is 30.3 Å². The van der Waals surface area contributed by atoms with Gasteiger partial charge in [-0.15, -0.1) is 0 Å². The lowest BCUT2D eigenvalue weighted by Gasteiger charge is -2.38. The van der Waals surface area contributed by atoms with Gasteiger partial charge in [-0.2, -0.15) is 5.10 Å². The predicted octanol–water partition coefficient (Wildman–Crippen LogP) is 6.30. The number of phenols is 3. The van der Waals surface area contributed by atoms with Crippen molar-refractivity contribution >= 4 is 40.3 Å². The van der Waals surface area contributed by atoms with Gasteiger partial charge in [0.2, 0.25) is 0 Å². The highest BCUT2D eigenvalue weighted by Gasteiger charge is 2.50. The third-order valence-electron chi connectivity index (χ3n) is 13.5. The van der Waals surface area contributed by atoms with Gasteiger partial charge < -0.3 is 54.5 Å². The van der Waals surface area contributed by atoms with E-state index in [0.29, 0.717) is 26.2 Å². The minimum Gasteiger partial charge on any atom is -0.507 e. The number of ketones is 1. The molecule has 368 valence electrons. The summed E-state index contributed by atoms with van der Waals surface area (Å²) in [6.07, 6.45) is 5.61. The summed E-state index contributed by atoms with van der Waals surface area (Å²) >= 11 is 0. The maximum absolute atomic E-state index is 14.6. The van der Waals surface area contributed by atoms with Crippen molar-refractivity contribution in [2.75, 3.05) is 45.7 Å². The Bertz CT molecular complexity index is 2490. The Hall–Kier alpha value is -6.14. The number of nitrogens with one attached hydrogen (secondary N) is 1. The zero-order chi connectivity index (χ0) is 49.8. The maximum atomic E-state index is 14.6. The van der Waals surface area contributed by atoms with Gasteiger partial charge in [-0.3, -0.25) is 24.3 Å². The van der Waals surface area contributed by atoms with Gasteiger partial charge in [0, 0.05) is 93.9 Å². The number of amides is 1. The molecule has 17 heteroatoms. The summed E-state index contributed by atoms with van der Waals surface area (Å²) in [5.41, 5.74) is 0.723. The number of hydrogen-bond acceptors (Lipinski definition) is 16. The molecule has 5 bridgehead atoms. The number of hydrogen-bond donors (Lipinski definition) is 6. The van der Waals surface area contributed by atoms with Gasteiger partial charge in [-0.25, -0.2) is 0 Å². The number of Topliss-reactive ketones (excluding diaryl/α,β-unsaturated/α-hetero) is 1. The lowest BCUT2D eigenvalue weighted by Crippen LogP contribution is -2.46. The van der Waals surface area contributed by atoms with Crippen molar-refractivity contribution in [3.8, 4) is 28.7 Å². The molecule has 0 radical (unpaired) electrons. The molecule has 0 aliphatic carbocycles. The van der Waals surface area contributed by atoms with E-state index in [1.165, 1.54) is 59.4 Å². The number of hydrazone groups is 1. The molecule has 4 aliphatic heterocycles. The van der Waals surface area contributed by atoms with Gasteiger partial charge >= 0.3 is 11.8 Å². The summed E-state index contributed by atoms with van der Waals surface area (Å²) in [5.74, 6) is -7.71. The first-order valence-corrected chi connectivity index (χ1v) is 22.9. The molecule has 9 atom stereocenters. The number of carbonyl (C=O) groups is 3. The van der Waals surface area contributed by atoms with Crippen molar-refractivity contribution in [3.63, 3.8) is 0 Å². The van der Waals surface area contributed by atoms with Crippen LogP contribution in [0.2, 0.25) is 0 Å². The molecular weight excluding hydrogens is 877 g/mol. The van der Waals surface area contributed by atoms with Crippen LogP contribution in [0.3, 0.4) is 0 Å². The van der Waals surface area contributed by atoms with E-state index in [0.717, 1.165) is 24.3 Å². The van der Waals surface area contributed by atoms with Crippen molar-refractivity contribution in [2.45, 2.75) is 98.6 Å². The number of rotatable bonds is 7. The average Bonchev–Trinajstić information content (AvgIpc) is 3.41. The predicted molar refractivity (Wildman–Crippen MR) is 256 cm³/mol. The molecule has 1 saturated heterocycles. The number of aromatic hydroxyl groups is 3. The number of benzene rings is 3. The smallest absolute Gasteiger partial charge is 0.312 e. The summed E-state index contributed by atoms with van der Waals surface area (Å²) in [7, 11) is 3.06.